The highest BCUT2D eigenvalue weighted by molar-refractivity contribution is 6.06. The predicted molar refractivity (Wildman–Crippen MR) is 64.5 cm³/mol. The Labute approximate surface area is 89.8 Å². The van der Waals surface area contributed by atoms with Crippen molar-refractivity contribution in [1.82, 2.24) is 0 Å². The SMILES string of the molecule is Nc1cc2c(N)c(N)c(=O)oc2c(N)c1N. The molecule has 0 aliphatic heterocycles. The predicted octanol–water partition coefficient (Wildman–Crippen LogP) is -0.296. The van der Waals surface area contributed by atoms with E-state index in [2.05, 4.69) is 0 Å². The Morgan fingerprint density at radius 3 is 2.12 bits per heavy atom. The molecule has 0 unspecified atom stereocenters. The summed E-state index contributed by atoms with van der Waals surface area (Å²) in [6.45, 7) is 0. The van der Waals surface area contributed by atoms with Crippen LogP contribution in [0.5, 0.6) is 0 Å². The van der Waals surface area contributed by atoms with Crippen LogP contribution < -0.4 is 34.3 Å². The lowest BCUT2D eigenvalue weighted by Crippen LogP contribution is -2.12. The Morgan fingerprint density at radius 2 is 1.50 bits per heavy atom. The molecule has 10 N–H and O–H groups in total. The number of fused-ring (bicyclic) bond motifs is 1. The molecule has 0 atom stereocenters. The first-order chi connectivity index (χ1) is 7.43. The first-order valence-corrected chi connectivity index (χ1v) is 4.38. The highest BCUT2D eigenvalue weighted by Gasteiger charge is 2.14. The van der Waals surface area contributed by atoms with Gasteiger partial charge in [-0.1, -0.05) is 0 Å². The monoisotopic (exact) mass is 221 g/mol. The molecule has 2 rings (SSSR count). The minimum Gasteiger partial charge on any atom is -0.419 e. The third kappa shape index (κ3) is 1.11. The van der Waals surface area contributed by atoms with Gasteiger partial charge in [0.05, 0.1) is 17.1 Å². The lowest BCUT2D eigenvalue weighted by molar-refractivity contribution is 0.566. The van der Waals surface area contributed by atoms with Gasteiger partial charge in [0.2, 0.25) is 0 Å². The van der Waals surface area contributed by atoms with E-state index < -0.39 is 5.63 Å². The highest BCUT2D eigenvalue weighted by Crippen LogP contribution is 2.35. The van der Waals surface area contributed by atoms with Gasteiger partial charge in [-0.3, -0.25) is 0 Å². The first-order valence-electron chi connectivity index (χ1n) is 4.38. The molecule has 84 valence electrons. The van der Waals surface area contributed by atoms with E-state index in [-0.39, 0.29) is 34.0 Å². The highest BCUT2D eigenvalue weighted by atomic mass is 16.4. The minimum absolute atomic E-state index is 0.0822. The van der Waals surface area contributed by atoms with Crippen LogP contribution in [0.25, 0.3) is 11.0 Å². The number of rotatable bonds is 0. The van der Waals surface area contributed by atoms with Gasteiger partial charge in [0.25, 0.3) is 0 Å². The molecule has 0 aliphatic rings. The van der Waals surface area contributed by atoms with E-state index in [9.17, 15) is 4.79 Å². The molecule has 0 radical (unpaired) electrons. The number of benzene rings is 1. The Hall–Kier alpha value is -2.57. The second kappa shape index (κ2) is 2.96. The maximum absolute atomic E-state index is 11.3. The third-order valence-electron chi connectivity index (χ3n) is 2.39. The number of nitrogens with two attached hydrogens (primary N) is 5. The molecular formula is C9H11N5O2. The van der Waals surface area contributed by atoms with E-state index in [1.807, 2.05) is 0 Å². The van der Waals surface area contributed by atoms with Gasteiger partial charge < -0.3 is 33.1 Å². The topological polar surface area (TPSA) is 160 Å². The summed E-state index contributed by atoms with van der Waals surface area (Å²) in [5.41, 5.74) is 27.8. The normalized spacial score (nSPS) is 10.8. The lowest BCUT2D eigenvalue weighted by Gasteiger charge is -2.09. The summed E-state index contributed by atoms with van der Waals surface area (Å²) in [6.07, 6.45) is 0. The Kier molecular flexibility index (Phi) is 1.84. The average molecular weight is 221 g/mol. The molecule has 1 aromatic carbocycles. The lowest BCUT2D eigenvalue weighted by atomic mass is 10.1. The summed E-state index contributed by atoms with van der Waals surface area (Å²) in [6, 6.07) is 1.47. The Morgan fingerprint density at radius 1 is 0.875 bits per heavy atom. The van der Waals surface area contributed by atoms with Crippen molar-refractivity contribution < 1.29 is 4.42 Å². The Bertz CT molecular complexity index is 647. The molecule has 1 heterocycles. The van der Waals surface area contributed by atoms with Gasteiger partial charge >= 0.3 is 5.63 Å². The van der Waals surface area contributed by atoms with E-state index in [0.29, 0.717) is 5.39 Å². The van der Waals surface area contributed by atoms with Gasteiger partial charge in [-0.25, -0.2) is 4.79 Å². The number of hydrogen-bond acceptors (Lipinski definition) is 7. The molecule has 0 aliphatic carbocycles. The quantitative estimate of drug-likeness (QED) is 0.301. The number of anilines is 5. The Balaban J connectivity index is 3.08. The summed E-state index contributed by atoms with van der Waals surface area (Å²) in [5, 5.41) is 0.376. The molecule has 7 nitrogen and oxygen atoms in total. The van der Waals surface area contributed by atoms with E-state index >= 15 is 0 Å². The molecule has 1 aromatic heterocycles. The van der Waals surface area contributed by atoms with Crippen molar-refractivity contribution in [3.05, 3.63) is 16.5 Å². The second-order valence-electron chi connectivity index (χ2n) is 3.39. The largest absolute Gasteiger partial charge is 0.419 e. The molecule has 0 saturated carbocycles. The van der Waals surface area contributed by atoms with E-state index in [1.165, 1.54) is 6.07 Å². The van der Waals surface area contributed by atoms with Crippen LogP contribution in [0, 0.1) is 0 Å². The molecule has 0 saturated heterocycles. The van der Waals surface area contributed by atoms with Crippen LogP contribution in [0.3, 0.4) is 0 Å². The van der Waals surface area contributed by atoms with Gasteiger partial charge in [0.1, 0.15) is 11.4 Å². The van der Waals surface area contributed by atoms with Crippen LogP contribution in [0.15, 0.2) is 15.3 Å². The van der Waals surface area contributed by atoms with Crippen LogP contribution in [-0.2, 0) is 0 Å². The smallest absolute Gasteiger partial charge is 0.361 e. The van der Waals surface area contributed by atoms with Crippen LogP contribution in [-0.4, -0.2) is 0 Å². The standard InChI is InChI=1S/C9H11N5O2/c10-3-1-2-4(11)7(14)9(15)16-8(2)6(13)5(3)12/h1H,10-14H2. The summed E-state index contributed by atoms with van der Waals surface area (Å²) >= 11 is 0. The molecule has 16 heavy (non-hydrogen) atoms. The maximum Gasteiger partial charge on any atom is 0.361 e. The fourth-order valence-corrected chi connectivity index (χ4v) is 1.43. The average Bonchev–Trinajstić information content (AvgIpc) is 2.25. The summed E-state index contributed by atoms with van der Waals surface area (Å²) in [4.78, 5) is 11.3. The van der Waals surface area contributed by atoms with E-state index in [0.717, 1.165) is 0 Å². The van der Waals surface area contributed by atoms with Gasteiger partial charge in [-0.15, -0.1) is 0 Å². The van der Waals surface area contributed by atoms with Crippen molar-refractivity contribution in [2.24, 2.45) is 0 Å². The van der Waals surface area contributed by atoms with Crippen molar-refractivity contribution in [3.8, 4) is 0 Å². The van der Waals surface area contributed by atoms with E-state index in [1.54, 1.807) is 0 Å². The van der Waals surface area contributed by atoms with E-state index in [4.69, 9.17) is 33.1 Å². The first kappa shape index (κ1) is 9.97. The maximum atomic E-state index is 11.3. The summed E-state index contributed by atoms with van der Waals surface area (Å²) < 4.78 is 4.92. The van der Waals surface area contributed by atoms with Crippen molar-refractivity contribution in [3.63, 3.8) is 0 Å². The molecule has 2 aromatic rings. The van der Waals surface area contributed by atoms with Crippen LogP contribution >= 0.6 is 0 Å². The minimum atomic E-state index is -0.749. The fourth-order valence-electron chi connectivity index (χ4n) is 1.43. The van der Waals surface area contributed by atoms with Crippen molar-refractivity contribution in [2.45, 2.75) is 0 Å². The zero-order valence-electron chi connectivity index (χ0n) is 8.28. The molecule has 0 bridgehead atoms. The third-order valence-corrected chi connectivity index (χ3v) is 2.39. The molecule has 7 heteroatoms. The summed E-state index contributed by atoms with van der Waals surface area (Å²) in [7, 11) is 0. The second-order valence-corrected chi connectivity index (χ2v) is 3.39. The van der Waals surface area contributed by atoms with Gasteiger partial charge in [0.15, 0.2) is 5.58 Å². The van der Waals surface area contributed by atoms with Gasteiger partial charge in [-0.2, -0.15) is 0 Å². The van der Waals surface area contributed by atoms with Crippen molar-refractivity contribution >= 4 is 39.4 Å². The zero-order valence-corrected chi connectivity index (χ0v) is 8.28. The van der Waals surface area contributed by atoms with Crippen LogP contribution in [0.1, 0.15) is 0 Å². The number of nitrogen functional groups attached to an aromatic ring is 5. The number of hydrogen-bond donors (Lipinski definition) is 5. The zero-order chi connectivity index (χ0) is 12.0. The van der Waals surface area contributed by atoms with Gasteiger partial charge in [-0.05, 0) is 6.07 Å². The van der Waals surface area contributed by atoms with Crippen LogP contribution in [0.2, 0.25) is 0 Å². The van der Waals surface area contributed by atoms with Gasteiger partial charge in [0, 0.05) is 5.39 Å². The molecule has 0 spiro atoms. The summed E-state index contributed by atoms with van der Waals surface area (Å²) in [5.74, 6) is 0. The fraction of sp³-hybridized carbons (Fsp3) is 0. The van der Waals surface area contributed by atoms with Crippen LogP contribution in [0.4, 0.5) is 28.4 Å². The molecule has 0 amide bonds. The van der Waals surface area contributed by atoms with Crippen molar-refractivity contribution in [1.29, 1.82) is 0 Å². The molecule has 0 fully saturated rings. The molecular weight excluding hydrogens is 210 g/mol. The van der Waals surface area contributed by atoms with Crippen molar-refractivity contribution in [2.75, 3.05) is 28.7 Å².